The fourth-order valence-corrected chi connectivity index (χ4v) is 1.59. The summed E-state index contributed by atoms with van der Waals surface area (Å²) in [4.78, 5) is 0. The molecule has 1 aliphatic rings. The summed E-state index contributed by atoms with van der Waals surface area (Å²) in [6.07, 6.45) is 4.14. The van der Waals surface area contributed by atoms with Gasteiger partial charge in [-0.25, -0.2) is 0 Å². The predicted octanol–water partition coefficient (Wildman–Crippen LogP) is 2.11. The molecule has 0 spiro atoms. The first-order valence-corrected chi connectivity index (χ1v) is 5.36. The molecule has 0 aromatic rings. The number of hydrogen-bond donors (Lipinski definition) is 2. The number of allylic oxidation sites excluding steroid dienone is 3. The molecule has 0 saturated heterocycles. The Morgan fingerprint density at radius 3 is 2.93 bits per heavy atom. The van der Waals surface area contributed by atoms with E-state index in [1.54, 1.807) is 0 Å². The summed E-state index contributed by atoms with van der Waals surface area (Å²) in [5.74, 6) is 0.487. The second-order valence-electron chi connectivity index (χ2n) is 3.90. The highest BCUT2D eigenvalue weighted by molar-refractivity contribution is 7.80. The number of thiocarbonyl (C=S) groups is 1. The fourth-order valence-electron chi connectivity index (χ4n) is 1.55. The van der Waals surface area contributed by atoms with Crippen molar-refractivity contribution in [2.75, 3.05) is 0 Å². The van der Waals surface area contributed by atoms with E-state index in [2.05, 4.69) is 37.0 Å². The van der Waals surface area contributed by atoms with E-state index in [4.69, 9.17) is 18.0 Å². The van der Waals surface area contributed by atoms with Crippen molar-refractivity contribution in [1.82, 2.24) is 5.43 Å². The zero-order valence-corrected chi connectivity index (χ0v) is 10.0. The molecular weight excluding hydrogens is 206 g/mol. The SMILES string of the molecule is C=C(C)[C@H]1CC=C(C)C(=NNC(N)=S)C1. The van der Waals surface area contributed by atoms with Crippen LogP contribution in [0.2, 0.25) is 0 Å². The molecule has 0 fully saturated rings. The molecule has 0 amide bonds. The molecule has 15 heavy (non-hydrogen) atoms. The highest BCUT2D eigenvalue weighted by atomic mass is 32.1. The molecule has 0 radical (unpaired) electrons. The quantitative estimate of drug-likeness (QED) is 0.428. The highest BCUT2D eigenvalue weighted by Gasteiger charge is 2.18. The lowest BCUT2D eigenvalue weighted by atomic mass is 9.85. The highest BCUT2D eigenvalue weighted by Crippen LogP contribution is 2.26. The van der Waals surface area contributed by atoms with Crippen LogP contribution in [0.3, 0.4) is 0 Å². The van der Waals surface area contributed by atoms with Crippen molar-refractivity contribution in [2.45, 2.75) is 26.7 Å². The van der Waals surface area contributed by atoms with Crippen LogP contribution in [0.15, 0.2) is 28.9 Å². The standard InChI is InChI=1S/C11H17N3S/c1-7(2)9-5-4-8(3)10(6-9)13-14-11(12)15/h4,9H,1,5-6H2,2-3H3,(H3,12,14,15)/t9-/m0/s1. The number of nitrogens with one attached hydrogen (secondary N) is 1. The van der Waals surface area contributed by atoms with Crippen molar-refractivity contribution < 1.29 is 0 Å². The lowest BCUT2D eigenvalue weighted by Gasteiger charge is -2.22. The minimum atomic E-state index is 0.202. The first-order chi connectivity index (χ1) is 7.00. The monoisotopic (exact) mass is 223 g/mol. The van der Waals surface area contributed by atoms with Crippen LogP contribution >= 0.6 is 12.2 Å². The third-order valence-corrected chi connectivity index (χ3v) is 2.69. The third kappa shape index (κ3) is 3.47. The number of nitrogens with two attached hydrogens (primary N) is 1. The summed E-state index contributed by atoms with van der Waals surface area (Å²) in [6, 6.07) is 0. The smallest absolute Gasteiger partial charge is 0.184 e. The van der Waals surface area contributed by atoms with Crippen molar-refractivity contribution in [3.05, 3.63) is 23.8 Å². The second-order valence-corrected chi connectivity index (χ2v) is 4.34. The Morgan fingerprint density at radius 1 is 1.73 bits per heavy atom. The molecule has 0 aromatic carbocycles. The summed E-state index contributed by atoms with van der Waals surface area (Å²) >= 11 is 4.71. The summed E-state index contributed by atoms with van der Waals surface area (Å²) in [5, 5.41) is 4.39. The molecule has 0 unspecified atom stereocenters. The average Bonchev–Trinajstić information content (AvgIpc) is 2.16. The van der Waals surface area contributed by atoms with E-state index >= 15 is 0 Å². The van der Waals surface area contributed by atoms with Gasteiger partial charge in [-0.1, -0.05) is 18.2 Å². The Kier molecular flexibility index (Phi) is 4.03. The second kappa shape index (κ2) is 5.07. The van der Waals surface area contributed by atoms with Crippen LogP contribution < -0.4 is 11.2 Å². The van der Waals surface area contributed by atoms with Crippen LogP contribution in [-0.4, -0.2) is 10.8 Å². The van der Waals surface area contributed by atoms with Gasteiger partial charge >= 0.3 is 0 Å². The molecule has 0 bridgehead atoms. The molecule has 0 heterocycles. The summed E-state index contributed by atoms with van der Waals surface area (Å²) in [7, 11) is 0. The van der Waals surface area contributed by atoms with Crippen LogP contribution in [0.25, 0.3) is 0 Å². The maximum Gasteiger partial charge on any atom is 0.184 e. The lowest BCUT2D eigenvalue weighted by molar-refractivity contribution is 0.637. The Balaban J connectivity index is 2.75. The van der Waals surface area contributed by atoms with Gasteiger partial charge in [-0.3, -0.25) is 5.43 Å². The Labute approximate surface area is 96.1 Å². The van der Waals surface area contributed by atoms with Crippen LogP contribution in [0, 0.1) is 5.92 Å². The van der Waals surface area contributed by atoms with Gasteiger partial charge in [0.05, 0.1) is 5.71 Å². The van der Waals surface area contributed by atoms with E-state index in [0.717, 1.165) is 18.6 Å². The van der Waals surface area contributed by atoms with E-state index in [-0.39, 0.29) is 5.11 Å². The molecule has 4 heteroatoms. The molecule has 1 atom stereocenters. The average molecular weight is 223 g/mol. The molecule has 3 nitrogen and oxygen atoms in total. The molecule has 0 aromatic heterocycles. The number of hydrogen-bond acceptors (Lipinski definition) is 2. The van der Waals surface area contributed by atoms with Crippen molar-refractivity contribution in [2.24, 2.45) is 16.8 Å². The molecule has 1 rings (SSSR count). The Bertz CT molecular complexity index is 342. The maximum absolute atomic E-state index is 5.33. The van der Waals surface area contributed by atoms with Crippen molar-refractivity contribution in [3.8, 4) is 0 Å². The summed E-state index contributed by atoms with van der Waals surface area (Å²) in [6.45, 7) is 8.08. The number of rotatable bonds is 2. The van der Waals surface area contributed by atoms with Crippen molar-refractivity contribution >= 4 is 23.0 Å². The normalized spacial score (nSPS) is 23.5. The van der Waals surface area contributed by atoms with Crippen LogP contribution in [-0.2, 0) is 0 Å². The van der Waals surface area contributed by atoms with Gasteiger partial charge < -0.3 is 5.73 Å². The van der Waals surface area contributed by atoms with Gasteiger partial charge in [0, 0.05) is 0 Å². The summed E-state index contributed by atoms with van der Waals surface area (Å²) in [5.41, 5.74) is 11.4. The van der Waals surface area contributed by atoms with Gasteiger partial charge in [-0.15, -0.1) is 0 Å². The van der Waals surface area contributed by atoms with Gasteiger partial charge in [0.1, 0.15) is 0 Å². The zero-order valence-electron chi connectivity index (χ0n) is 9.21. The number of nitrogens with zero attached hydrogens (tertiary/aromatic N) is 1. The minimum absolute atomic E-state index is 0.202. The van der Waals surface area contributed by atoms with Gasteiger partial charge in [-0.05, 0) is 50.4 Å². The van der Waals surface area contributed by atoms with E-state index in [1.165, 1.54) is 11.1 Å². The van der Waals surface area contributed by atoms with Crippen LogP contribution in [0.5, 0.6) is 0 Å². The molecular formula is C11H17N3S. The number of hydrazone groups is 1. The van der Waals surface area contributed by atoms with Gasteiger partial charge in [-0.2, -0.15) is 5.10 Å². The van der Waals surface area contributed by atoms with Gasteiger partial charge in [0.25, 0.3) is 0 Å². The third-order valence-electron chi connectivity index (χ3n) is 2.60. The molecule has 1 aliphatic carbocycles. The molecule has 0 saturated carbocycles. The van der Waals surface area contributed by atoms with E-state index in [1.807, 2.05) is 0 Å². The van der Waals surface area contributed by atoms with E-state index in [0.29, 0.717) is 5.92 Å². The van der Waals surface area contributed by atoms with Gasteiger partial charge in [0.15, 0.2) is 5.11 Å². The Morgan fingerprint density at radius 2 is 2.40 bits per heavy atom. The molecule has 82 valence electrons. The largest absolute Gasteiger partial charge is 0.375 e. The van der Waals surface area contributed by atoms with Crippen molar-refractivity contribution in [3.63, 3.8) is 0 Å². The summed E-state index contributed by atoms with van der Waals surface area (Å²) < 4.78 is 0. The first kappa shape index (κ1) is 11.9. The Hall–Kier alpha value is -1.16. The van der Waals surface area contributed by atoms with E-state index in [9.17, 15) is 0 Å². The molecule has 0 aliphatic heterocycles. The van der Waals surface area contributed by atoms with Crippen molar-refractivity contribution in [1.29, 1.82) is 0 Å². The van der Waals surface area contributed by atoms with Crippen LogP contribution in [0.4, 0.5) is 0 Å². The maximum atomic E-state index is 5.33. The topological polar surface area (TPSA) is 50.4 Å². The molecule has 3 N–H and O–H groups in total. The van der Waals surface area contributed by atoms with Gasteiger partial charge in [0.2, 0.25) is 0 Å². The van der Waals surface area contributed by atoms with E-state index < -0.39 is 0 Å². The minimum Gasteiger partial charge on any atom is -0.375 e. The lowest BCUT2D eigenvalue weighted by Crippen LogP contribution is -2.27. The zero-order chi connectivity index (χ0) is 11.4. The predicted molar refractivity (Wildman–Crippen MR) is 68.7 cm³/mol. The van der Waals surface area contributed by atoms with Crippen LogP contribution in [0.1, 0.15) is 26.7 Å². The first-order valence-electron chi connectivity index (χ1n) is 4.95. The fraction of sp³-hybridized carbons (Fsp3) is 0.455.